The van der Waals surface area contributed by atoms with Crippen molar-refractivity contribution in [1.82, 2.24) is 4.72 Å². The Morgan fingerprint density at radius 1 is 1.21 bits per heavy atom. The average molecular weight is 376 g/mol. The van der Waals surface area contributed by atoms with E-state index in [4.69, 9.17) is 25.6 Å². The lowest BCUT2D eigenvalue weighted by atomic mass is 9.94. The fourth-order valence-corrected chi connectivity index (χ4v) is 4.13. The number of hydrogen-bond acceptors (Lipinski definition) is 4. The van der Waals surface area contributed by atoms with Gasteiger partial charge in [-0.3, -0.25) is 4.55 Å². The quantitative estimate of drug-likeness (QED) is 0.772. The Morgan fingerprint density at radius 2 is 1.92 bits per heavy atom. The van der Waals surface area contributed by atoms with Crippen LogP contribution in [0.3, 0.4) is 0 Å². The second-order valence-electron chi connectivity index (χ2n) is 6.35. The zero-order valence-electron chi connectivity index (χ0n) is 13.3. The zero-order chi connectivity index (χ0) is 17.2. The summed E-state index contributed by atoms with van der Waals surface area (Å²) >= 11 is 6.32. The number of halogens is 1. The lowest BCUT2D eigenvalue weighted by Gasteiger charge is -2.32. The molecule has 1 aliphatic heterocycles. The lowest BCUT2D eigenvalue weighted by Crippen LogP contribution is -2.34. The van der Waals surface area contributed by atoms with Gasteiger partial charge in [0.25, 0.3) is 0 Å². The fraction of sp³-hybridized carbons (Fsp3) is 0.625. The minimum Gasteiger partial charge on any atom is -0.344 e. The molecule has 8 heteroatoms. The van der Waals surface area contributed by atoms with E-state index in [0.717, 1.165) is 31.2 Å². The van der Waals surface area contributed by atoms with E-state index >= 15 is 0 Å². The van der Waals surface area contributed by atoms with Gasteiger partial charge in [-0.05, 0) is 25.3 Å². The summed E-state index contributed by atoms with van der Waals surface area (Å²) in [7, 11) is -4.21. The molecule has 0 unspecified atom stereocenters. The highest BCUT2D eigenvalue weighted by Gasteiger charge is 2.48. The molecule has 2 atom stereocenters. The maximum absolute atomic E-state index is 10.9. The molecule has 0 bridgehead atoms. The Kier molecular flexibility index (Phi) is 5.48. The first-order valence-electron chi connectivity index (χ1n) is 8.21. The van der Waals surface area contributed by atoms with Gasteiger partial charge in [0.15, 0.2) is 5.79 Å². The van der Waals surface area contributed by atoms with Crippen LogP contribution in [0.25, 0.3) is 0 Å². The molecular formula is C16H22ClNO5S. The predicted molar refractivity (Wildman–Crippen MR) is 90.1 cm³/mol. The Morgan fingerprint density at radius 3 is 2.58 bits per heavy atom. The summed E-state index contributed by atoms with van der Waals surface area (Å²) in [6.45, 7) is 0.0733. The molecule has 1 aromatic rings. The molecule has 1 heterocycles. The van der Waals surface area contributed by atoms with Gasteiger partial charge in [0, 0.05) is 30.0 Å². The van der Waals surface area contributed by atoms with E-state index in [0.29, 0.717) is 11.4 Å². The largest absolute Gasteiger partial charge is 0.344 e. The van der Waals surface area contributed by atoms with Gasteiger partial charge in [0.2, 0.25) is 0 Å². The minimum absolute atomic E-state index is 0.0733. The van der Waals surface area contributed by atoms with Crippen LogP contribution in [-0.2, 0) is 19.8 Å². The number of rotatable bonds is 5. The maximum atomic E-state index is 10.9. The Bertz CT molecular complexity index is 675. The highest BCUT2D eigenvalue weighted by Crippen LogP contribution is 2.47. The third-order valence-corrected chi connectivity index (χ3v) is 5.50. The van der Waals surface area contributed by atoms with Crippen LogP contribution in [0.4, 0.5) is 0 Å². The van der Waals surface area contributed by atoms with Crippen molar-refractivity contribution in [2.45, 2.75) is 56.5 Å². The number of hydrogen-bond donors (Lipinski definition) is 2. The van der Waals surface area contributed by atoms with Crippen LogP contribution >= 0.6 is 11.6 Å². The number of ether oxygens (including phenoxy) is 2. The summed E-state index contributed by atoms with van der Waals surface area (Å²) < 4.78 is 45.2. The highest BCUT2D eigenvalue weighted by atomic mass is 35.5. The Balaban J connectivity index is 1.78. The van der Waals surface area contributed by atoms with E-state index < -0.39 is 16.1 Å². The summed E-state index contributed by atoms with van der Waals surface area (Å²) in [4.78, 5) is 0. The van der Waals surface area contributed by atoms with Gasteiger partial charge in [-0.25, -0.2) is 0 Å². The van der Waals surface area contributed by atoms with Crippen LogP contribution < -0.4 is 4.72 Å². The molecule has 1 aliphatic carbocycles. The molecule has 6 nitrogen and oxygen atoms in total. The normalized spacial score (nSPS) is 26.8. The minimum atomic E-state index is -4.21. The molecule has 1 saturated heterocycles. The third kappa shape index (κ3) is 4.28. The molecule has 3 rings (SSSR count). The lowest BCUT2D eigenvalue weighted by molar-refractivity contribution is -0.194. The smallest absolute Gasteiger partial charge is 0.333 e. The summed E-state index contributed by atoms with van der Waals surface area (Å²) in [6.07, 6.45) is 4.64. The first kappa shape index (κ1) is 18.1. The van der Waals surface area contributed by atoms with Crippen molar-refractivity contribution in [3.8, 4) is 0 Å². The van der Waals surface area contributed by atoms with Crippen molar-refractivity contribution in [2.24, 2.45) is 0 Å². The van der Waals surface area contributed by atoms with Crippen LogP contribution in [0.1, 0.15) is 50.2 Å². The second-order valence-corrected chi connectivity index (χ2v) is 7.99. The van der Waals surface area contributed by atoms with Crippen molar-refractivity contribution < 1.29 is 22.4 Å². The van der Waals surface area contributed by atoms with Gasteiger partial charge in [-0.15, -0.1) is 0 Å². The van der Waals surface area contributed by atoms with Crippen LogP contribution in [0, 0.1) is 0 Å². The Labute approximate surface area is 147 Å². The second kappa shape index (κ2) is 7.27. The van der Waals surface area contributed by atoms with Crippen LogP contribution in [0.2, 0.25) is 5.02 Å². The van der Waals surface area contributed by atoms with E-state index in [9.17, 15) is 8.42 Å². The molecule has 1 spiro atoms. The molecule has 0 amide bonds. The summed E-state index contributed by atoms with van der Waals surface area (Å²) in [5.41, 5.74) is 0.846. The molecule has 134 valence electrons. The average Bonchev–Trinajstić information content (AvgIpc) is 2.85. The maximum Gasteiger partial charge on any atom is 0.333 e. The van der Waals surface area contributed by atoms with Crippen LogP contribution in [0.5, 0.6) is 0 Å². The standard InChI is InChI=1S/C16H22ClNO5S/c17-13-7-3-2-6-12(13)15-14(8-11-18-24(19,20)21)22-16(23-15)9-4-1-5-10-16/h2-3,6-7,14-15,18H,1,4-5,8-11H2,(H,19,20,21)/t14-,15-/m0/s1. The monoisotopic (exact) mass is 375 g/mol. The van der Waals surface area contributed by atoms with E-state index in [1.165, 1.54) is 6.42 Å². The van der Waals surface area contributed by atoms with Crippen LogP contribution in [0.15, 0.2) is 24.3 Å². The van der Waals surface area contributed by atoms with Crippen molar-refractivity contribution in [2.75, 3.05) is 6.54 Å². The van der Waals surface area contributed by atoms with E-state index in [1.54, 1.807) is 6.07 Å². The van der Waals surface area contributed by atoms with Gasteiger partial charge in [-0.1, -0.05) is 36.2 Å². The summed E-state index contributed by atoms with van der Waals surface area (Å²) in [5, 5.41) is 0.603. The number of nitrogens with one attached hydrogen (secondary N) is 1. The summed E-state index contributed by atoms with van der Waals surface area (Å²) in [6, 6.07) is 7.46. The van der Waals surface area contributed by atoms with E-state index in [2.05, 4.69) is 4.72 Å². The molecule has 24 heavy (non-hydrogen) atoms. The topological polar surface area (TPSA) is 84.9 Å². The van der Waals surface area contributed by atoms with Gasteiger partial charge in [0.05, 0.1) is 6.10 Å². The van der Waals surface area contributed by atoms with Gasteiger partial charge in [-0.2, -0.15) is 13.1 Å². The molecular weight excluding hydrogens is 354 g/mol. The van der Waals surface area contributed by atoms with Gasteiger partial charge in [0.1, 0.15) is 6.10 Å². The molecule has 0 radical (unpaired) electrons. The van der Waals surface area contributed by atoms with Gasteiger partial charge >= 0.3 is 10.3 Å². The van der Waals surface area contributed by atoms with E-state index in [1.807, 2.05) is 18.2 Å². The molecule has 2 fully saturated rings. The SMILES string of the molecule is O=S(=O)(O)NCC[C@@H]1OC2(CCCCC2)O[C@H]1c1ccccc1Cl. The van der Waals surface area contributed by atoms with Crippen molar-refractivity contribution in [3.05, 3.63) is 34.9 Å². The number of benzene rings is 1. The molecule has 1 aromatic carbocycles. The first-order chi connectivity index (χ1) is 11.4. The molecule has 0 aromatic heterocycles. The molecule has 2 aliphatic rings. The summed E-state index contributed by atoms with van der Waals surface area (Å²) in [5.74, 6) is -0.606. The predicted octanol–water partition coefficient (Wildman–Crippen LogP) is 3.24. The van der Waals surface area contributed by atoms with Gasteiger partial charge < -0.3 is 9.47 Å². The first-order valence-corrected chi connectivity index (χ1v) is 10.0. The third-order valence-electron chi connectivity index (χ3n) is 4.59. The Hall–Kier alpha value is -0.700. The molecule has 1 saturated carbocycles. The molecule has 2 N–H and O–H groups in total. The highest BCUT2D eigenvalue weighted by molar-refractivity contribution is 7.83. The van der Waals surface area contributed by atoms with Crippen LogP contribution in [-0.4, -0.2) is 31.4 Å². The zero-order valence-corrected chi connectivity index (χ0v) is 14.9. The van der Waals surface area contributed by atoms with Crippen molar-refractivity contribution >= 4 is 21.9 Å². The fourth-order valence-electron chi connectivity index (χ4n) is 3.51. The van der Waals surface area contributed by atoms with E-state index in [-0.39, 0.29) is 18.8 Å². The van der Waals surface area contributed by atoms with Crippen molar-refractivity contribution in [1.29, 1.82) is 0 Å². The van der Waals surface area contributed by atoms with Crippen molar-refractivity contribution in [3.63, 3.8) is 0 Å².